The summed E-state index contributed by atoms with van der Waals surface area (Å²) in [5.74, 6) is 0.702. The summed E-state index contributed by atoms with van der Waals surface area (Å²) in [4.78, 5) is 10.7. The maximum Gasteiger partial charge on any atom is 0.160 e. The minimum atomic E-state index is -0.466. The van der Waals surface area contributed by atoms with E-state index >= 15 is 0 Å². The van der Waals surface area contributed by atoms with Crippen molar-refractivity contribution in [2.45, 2.75) is 24.7 Å². The van der Waals surface area contributed by atoms with Crippen molar-refractivity contribution >= 4 is 21.5 Å². The maximum atomic E-state index is 5.37. The van der Waals surface area contributed by atoms with Gasteiger partial charge in [0.05, 0.1) is 16.8 Å². The van der Waals surface area contributed by atoms with E-state index in [1.807, 2.05) is 6.07 Å². The molecule has 310 valence electrons. The number of hydrogen-bond donors (Lipinski definition) is 0. The molecule has 1 aromatic heterocycles. The minimum Gasteiger partial charge on any atom is -0.228 e. The van der Waals surface area contributed by atoms with Gasteiger partial charge in [-0.25, -0.2) is 9.97 Å². The van der Waals surface area contributed by atoms with Crippen molar-refractivity contribution in [3.8, 4) is 67.3 Å². The molecule has 2 aliphatic rings. The normalized spacial score (nSPS) is 13.8. The third kappa shape index (κ3) is 5.61. The predicted molar refractivity (Wildman–Crippen MR) is 274 cm³/mol. The lowest BCUT2D eigenvalue weighted by Crippen LogP contribution is -2.28. The number of fused-ring (bicyclic) bond motifs is 9. The summed E-state index contributed by atoms with van der Waals surface area (Å²) in [6, 6.07) is 84.3. The van der Waals surface area contributed by atoms with Crippen LogP contribution in [-0.4, -0.2) is 9.97 Å². The lowest BCUT2D eigenvalue weighted by molar-refractivity contribution is 0.666. The Labute approximate surface area is 385 Å². The average Bonchev–Trinajstić information content (AvgIpc) is 3.81. The number of rotatable bonds is 6. The highest BCUT2D eigenvalue weighted by molar-refractivity contribution is 6.06. The first-order valence-corrected chi connectivity index (χ1v) is 23.0. The molecule has 0 N–H and O–H groups in total. The Morgan fingerprint density at radius 2 is 0.864 bits per heavy atom. The van der Waals surface area contributed by atoms with Crippen molar-refractivity contribution in [2.75, 3.05) is 0 Å². The highest BCUT2D eigenvalue weighted by Gasteiger charge is 2.46. The van der Waals surface area contributed by atoms with E-state index < -0.39 is 5.41 Å². The van der Waals surface area contributed by atoms with Gasteiger partial charge in [0, 0.05) is 22.1 Å². The summed E-state index contributed by atoms with van der Waals surface area (Å²) in [5, 5.41) is 4.98. The predicted octanol–water partition coefficient (Wildman–Crippen LogP) is 16.1. The zero-order valence-electron chi connectivity index (χ0n) is 36.8. The van der Waals surface area contributed by atoms with Crippen molar-refractivity contribution in [1.82, 2.24) is 9.97 Å². The van der Waals surface area contributed by atoms with Crippen LogP contribution in [0.15, 0.2) is 231 Å². The van der Waals surface area contributed by atoms with Crippen molar-refractivity contribution in [3.05, 3.63) is 264 Å². The standard InChI is InChI=1S/C64H44N2/c1-63(2)58-39-43(31-33-52(58)54-34-30-41-18-12-13-25-48(41)61(54)63)47-35-36-53(50-27-15-14-26-49(47)50)60-40-59(65-62(66-60)42-19-6-3-7-20-42)44-32-37-57-55(38-44)51-28-16-17-29-56(51)64(57,45-21-8-4-9-22-45)46-23-10-5-11-24-46/h3-40H,1-2H3. The van der Waals surface area contributed by atoms with Gasteiger partial charge in [-0.05, 0) is 107 Å². The van der Waals surface area contributed by atoms with E-state index in [9.17, 15) is 0 Å². The van der Waals surface area contributed by atoms with Crippen molar-refractivity contribution < 1.29 is 0 Å². The fourth-order valence-corrected chi connectivity index (χ4v) is 11.6. The fourth-order valence-electron chi connectivity index (χ4n) is 11.6. The molecule has 0 saturated carbocycles. The molecule has 0 saturated heterocycles. The minimum absolute atomic E-state index is 0.146. The van der Waals surface area contributed by atoms with E-state index in [4.69, 9.17) is 9.97 Å². The Morgan fingerprint density at radius 1 is 0.318 bits per heavy atom. The Balaban J connectivity index is 0.968. The van der Waals surface area contributed by atoms with Crippen LogP contribution in [0.1, 0.15) is 47.2 Å². The molecule has 2 heteroatoms. The van der Waals surface area contributed by atoms with Crippen LogP contribution in [0.5, 0.6) is 0 Å². The van der Waals surface area contributed by atoms with Crippen LogP contribution in [0, 0.1) is 0 Å². The largest absolute Gasteiger partial charge is 0.228 e. The number of hydrogen-bond acceptors (Lipinski definition) is 2. The van der Waals surface area contributed by atoms with Crippen LogP contribution in [-0.2, 0) is 10.8 Å². The fraction of sp³-hybridized carbons (Fsp3) is 0.0625. The Hall–Kier alpha value is -8.20. The first kappa shape index (κ1) is 38.3. The van der Waals surface area contributed by atoms with Gasteiger partial charge in [0.2, 0.25) is 0 Å². The van der Waals surface area contributed by atoms with Crippen molar-refractivity contribution in [2.24, 2.45) is 0 Å². The van der Waals surface area contributed by atoms with Crippen molar-refractivity contribution in [1.29, 1.82) is 0 Å². The molecule has 10 aromatic carbocycles. The highest BCUT2D eigenvalue weighted by Crippen LogP contribution is 2.57. The quantitative estimate of drug-likeness (QED) is 0.167. The van der Waals surface area contributed by atoms with E-state index in [1.165, 1.54) is 82.9 Å². The molecule has 13 rings (SSSR count). The van der Waals surface area contributed by atoms with Gasteiger partial charge in [-0.15, -0.1) is 0 Å². The molecule has 0 bridgehead atoms. The van der Waals surface area contributed by atoms with Gasteiger partial charge in [0.1, 0.15) is 0 Å². The molecule has 0 spiro atoms. The molecule has 66 heavy (non-hydrogen) atoms. The molecule has 2 aliphatic carbocycles. The Bertz CT molecular complexity index is 3680. The van der Waals surface area contributed by atoms with Gasteiger partial charge >= 0.3 is 0 Å². The van der Waals surface area contributed by atoms with Crippen LogP contribution >= 0.6 is 0 Å². The first-order valence-electron chi connectivity index (χ1n) is 23.0. The highest BCUT2D eigenvalue weighted by atomic mass is 14.9. The molecular formula is C64H44N2. The second-order valence-electron chi connectivity index (χ2n) is 18.4. The molecule has 0 aliphatic heterocycles. The molecular weight excluding hydrogens is 797 g/mol. The Kier molecular flexibility index (Phi) is 8.51. The summed E-state index contributed by atoms with van der Waals surface area (Å²) < 4.78 is 0. The SMILES string of the molecule is CC1(C)c2cc(-c3ccc(-c4cc(-c5ccc6c(c5)-c5ccccc5C6(c5ccccc5)c5ccccc5)nc(-c5ccccc5)n4)c4ccccc34)ccc2-c2ccc3ccccc3c21. The van der Waals surface area contributed by atoms with Crippen LogP contribution in [0.2, 0.25) is 0 Å². The summed E-state index contributed by atoms with van der Waals surface area (Å²) in [7, 11) is 0. The van der Waals surface area contributed by atoms with E-state index in [2.05, 4.69) is 238 Å². The van der Waals surface area contributed by atoms with Gasteiger partial charge in [-0.3, -0.25) is 0 Å². The second kappa shape index (κ2) is 14.7. The molecule has 0 atom stereocenters. The van der Waals surface area contributed by atoms with Gasteiger partial charge in [0.15, 0.2) is 5.82 Å². The molecule has 11 aromatic rings. The maximum absolute atomic E-state index is 5.37. The zero-order chi connectivity index (χ0) is 44.0. The molecule has 0 unspecified atom stereocenters. The lowest BCUT2D eigenvalue weighted by atomic mass is 9.67. The monoisotopic (exact) mass is 840 g/mol. The molecule has 2 nitrogen and oxygen atoms in total. The lowest BCUT2D eigenvalue weighted by Gasteiger charge is -2.33. The molecule has 0 radical (unpaired) electrons. The van der Waals surface area contributed by atoms with Gasteiger partial charge < -0.3 is 0 Å². The van der Waals surface area contributed by atoms with E-state index in [-0.39, 0.29) is 5.41 Å². The third-order valence-electron chi connectivity index (χ3n) is 14.6. The average molecular weight is 841 g/mol. The van der Waals surface area contributed by atoms with Gasteiger partial charge in [0.25, 0.3) is 0 Å². The van der Waals surface area contributed by atoms with Crippen LogP contribution in [0.3, 0.4) is 0 Å². The summed E-state index contributed by atoms with van der Waals surface area (Å²) in [5.41, 5.74) is 19.7. The summed E-state index contributed by atoms with van der Waals surface area (Å²) >= 11 is 0. The summed E-state index contributed by atoms with van der Waals surface area (Å²) in [6.07, 6.45) is 0. The number of benzene rings is 10. The van der Waals surface area contributed by atoms with E-state index in [0.717, 1.165) is 33.5 Å². The van der Waals surface area contributed by atoms with Crippen LogP contribution in [0.25, 0.3) is 88.8 Å². The van der Waals surface area contributed by atoms with Gasteiger partial charge in [-0.1, -0.05) is 226 Å². The van der Waals surface area contributed by atoms with Crippen LogP contribution < -0.4 is 0 Å². The first-order chi connectivity index (χ1) is 32.5. The van der Waals surface area contributed by atoms with Crippen LogP contribution in [0.4, 0.5) is 0 Å². The van der Waals surface area contributed by atoms with E-state index in [0.29, 0.717) is 5.82 Å². The van der Waals surface area contributed by atoms with E-state index in [1.54, 1.807) is 0 Å². The third-order valence-corrected chi connectivity index (χ3v) is 14.6. The second-order valence-corrected chi connectivity index (χ2v) is 18.4. The van der Waals surface area contributed by atoms with Crippen molar-refractivity contribution in [3.63, 3.8) is 0 Å². The molecule has 0 amide bonds. The summed E-state index contributed by atoms with van der Waals surface area (Å²) in [6.45, 7) is 4.77. The molecule has 1 heterocycles. The van der Waals surface area contributed by atoms with Gasteiger partial charge in [-0.2, -0.15) is 0 Å². The zero-order valence-corrected chi connectivity index (χ0v) is 36.8. The number of aromatic nitrogens is 2. The Morgan fingerprint density at radius 3 is 1.62 bits per heavy atom. The smallest absolute Gasteiger partial charge is 0.160 e. The molecule has 0 fully saturated rings. The topological polar surface area (TPSA) is 25.8 Å². The number of nitrogens with zero attached hydrogens (tertiary/aromatic N) is 2.